The number of hydrogen-bond acceptors (Lipinski definition) is 8. The molecule has 4 N–H and O–H groups in total. The summed E-state index contributed by atoms with van der Waals surface area (Å²) in [6.45, 7) is 9.53. The number of benzene rings is 1. The van der Waals surface area contributed by atoms with E-state index in [1.54, 1.807) is 12.4 Å². The van der Waals surface area contributed by atoms with Gasteiger partial charge in [0, 0.05) is 24.2 Å². The van der Waals surface area contributed by atoms with Crippen molar-refractivity contribution in [2.45, 2.75) is 83.1 Å². The Labute approximate surface area is 249 Å². The molecule has 2 saturated heterocycles. The first-order chi connectivity index (χ1) is 20.2. The second-order valence-electron chi connectivity index (χ2n) is 12.7. The minimum absolute atomic E-state index is 0.00429. The molecule has 0 bridgehead atoms. The number of nitrogens with two attached hydrogens (primary N) is 1. The number of aryl methyl sites for hydroxylation is 1. The lowest BCUT2D eigenvalue weighted by Gasteiger charge is -2.42. The fourth-order valence-corrected chi connectivity index (χ4v) is 5.87. The first kappa shape index (κ1) is 30.0. The van der Waals surface area contributed by atoms with Crippen LogP contribution in [0.1, 0.15) is 70.0 Å². The van der Waals surface area contributed by atoms with E-state index in [9.17, 15) is 4.79 Å². The number of anilines is 1. The van der Waals surface area contributed by atoms with Gasteiger partial charge in [-0.1, -0.05) is 18.6 Å². The lowest BCUT2D eigenvalue weighted by molar-refractivity contribution is -0.111. The number of piperidine rings is 1. The van der Waals surface area contributed by atoms with Crippen molar-refractivity contribution in [3.8, 4) is 11.3 Å². The average molecular weight is 575 g/mol. The Morgan fingerprint density at radius 3 is 2.67 bits per heavy atom. The van der Waals surface area contributed by atoms with E-state index in [0.717, 1.165) is 62.9 Å². The fraction of sp³-hybridized carbons (Fsp3) is 0.562. The maximum atomic E-state index is 13.0. The van der Waals surface area contributed by atoms with Gasteiger partial charge in [-0.3, -0.25) is 4.99 Å². The molecule has 1 aromatic heterocycles. The third-order valence-corrected chi connectivity index (χ3v) is 8.16. The first-order valence-corrected chi connectivity index (χ1v) is 15.3. The van der Waals surface area contributed by atoms with Gasteiger partial charge >= 0.3 is 6.03 Å². The highest BCUT2D eigenvalue weighted by Gasteiger charge is 2.35. The summed E-state index contributed by atoms with van der Waals surface area (Å²) in [5, 5.41) is 6.52. The van der Waals surface area contributed by atoms with Crippen LogP contribution in [0.4, 0.5) is 10.7 Å². The van der Waals surface area contributed by atoms with Crippen molar-refractivity contribution in [3.63, 3.8) is 0 Å². The van der Waals surface area contributed by atoms with Crippen LogP contribution in [0.25, 0.3) is 11.3 Å². The van der Waals surface area contributed by atoms with Crippen LogP contribution in [0.3, 0.4) is 0 Å². The Kier molecular flexibility index (Phi) is 9.43. The molecule has 0 spiro atoms. The molecule has 2 fully saturated rings. The zero-order valence-electron chi connectivity index (χ0n) is 25.5. The van der Waals surface area contributed by atoms with Crippen molar-refractivity contribution in [2.24, 2.45) is 10.7 Å². The minimum Gasteiger partial charge on any atom is -0.403 e. The van der Waals surface area contributed by atoms with Gasteiger partial charge in [-0.2, -0.15) is 0 Å². The van der Waals surface area contributed by atoms with Crippen molar-refractivity contribution in [1.29, 1.82) is 0 Å². The highest BCUT2D eigenvalue weighted by Crippen LogP contribution is 2.32. The highest BCUT2D eigenvalue weighted by molar-refractivity contribution is 5.82. The van der Waals surface area contributed by atoms with E-state index in [1.165, 1.54) is 17.3 Å². The Morgan fingerprint density at radius 2 is 1.93 bits per heavy atom. The van der Waals surface area contributed by atoms with Crippen molar-refractivity contribution >= 4 is 18.2 Å². The van der Waals surface area contributed by atoms with Gasteiger partial charge in [-0.15, -0.1) is 0 Å². The van der Waals surface area contributed by atoms with Gasteiger partial charge < -0.3 is 30.9 Å². The number of amides is 2. The third-order valence-electron chi connectivity index (χ3n) is 8.16. The highest BCUT2D eigenvalue weighted by atomic mass is 16.5. The van der Waals surface area contributed by atoms with Crippen LogP contribution < -0.4 is 16.4 Å². The SMILES string of the molecule is CN1CCC(N=CC(=CN)Nc2nccc(-c3ccc4c(c3)CCCCC4NC(=O)N3CC(OC(C)(C)C)C3)n2)CC1. The van der Waals surface area contributed by atoms with Crippen LogP contribution in [-0.4, -0.2) is 83.0 Å². The summed E-state index contributed by atoms with van der Waals surface area (Å²) in [7, 11) is 2.14. The molecule has 226 valence electrons. The van der Waals surface area contributed by atoms with Gasteiger partial charge in [0.2, 0.25) is 5.95 Å². The molecule has 2 amide bonds. The number of aliphatic imine (C=N–C) groups is 1. The average Bonchev–Trinajstić information content (AvgIpc) is 3.14. The summed E-state index contributed by atoms with van der Waals surface area (Å²) in [5.74, 6) is 0.474. The summed E-state index contributed by atoms with van der Waals surface area (Å²) in [6.07, 6.45) is 11.3. The Bertz CT molecular complexity index is 1290. The van der Waals surface area contributed by atoms with Crippen molar-refractivity contribution < 1.29 is 9.53 Å². The number of carbonyl (C=O) groups is 1. The molecule has 1 atom stereocenters. The summed E-state index contributed by atoms with van der Waals surface area (Å²) >= 11 is 0. The normalized spacial score (nSPS) is 21.1. The fourth-order valence-electron chi connectivity index (χ4n) is 5.87. The lowest BCUT2D eigenvalue weighted by Crippen LogP contribution is -2.59. The molecular weight excluding hydrogens is 528 g/mol. The van der Waals surface area contributed by atoms with Gasteiger partial charge in [0.25, 0.3) is 0 Å². The summed E-state index contributed by atoms with van der Waals surface area (Å²) < 4.78 is 6.00. The van der Waals surface area contributed by atoms with E-state index in [-0.39, 0.29) is 23.8 Å². The van der Waals surface area contributed by atoms with Crippen LogP contribution in [0, 0.1) is 0 Å². The Hall–Kier alpha value is -3.50. The van der Waals surface area contributed by atoms with E-state index in [4.69, 9.17) is 20.4 Å². The molecule has 1 unspecified atom stereocenters. The van der Waals surface area contributed by atoms with Crippen LogP contribution >= 0.6 is 0 Å². The van der Waals surface area contributed by atoms with E-state index >= 15 is 0 Å². The van der Waals surface area contributed by atoms with Gasteiger partial charge in [0.05, 0.1) is 48.3 Å². The van der Waals surface area contributed by atoms with Crippen LogP contribution in [0.5, 0.6) is 0 Å². The molecule has 0 radical (unpaired) electrons. The number of nitrogens with zero attached hydrogens (tertiary/aromatic N) is 5. The zero-order chi connectivity index (χ0) is 29.7. The molecule has 3 aliphatic rings. The van der Waals surface area contributed by atoms with E-state index in [2.05, 4.69) is 45.8 Å². The molecule has 10 nitrogen and oxygen atoms in total. The zero-order valence-corrected chi connectivity index (χ0v) is 25.5. The van der Waals surface area contributed by atoms with Crippen molar-refractivity contribution in [3.05, 3.63) is 53.5 Å². The maximum absolute atomic E-state index is 13.0. The molecule has 2 aromatic rings. The summed E-state index contributed by atoms with van der Waals surface area (Å²) in [6, 6.07) is 8.66. The molecule has 2 aliphatic heterocycles. The molecule has 42 heavy (non-hydrogen) atoms. The predicted octanol–water partition coefficient (Wildman–Crippen LogP) is 4.50. The van der Waals surface area contributed by atoms with Gasteiger partial charge in [0.1, 0.15) is 0 Å². The monoisotopic (exact) mass is 574 g/mol. The maximum Gasteiger partial charge on any atom is 0.318 e. The number of carbonyl (C=O) groups excluding carboxylic acids is 1. The number of ether oxygens (including phenoxy) is 1. The molecule has 10 heteroatoms. The van der Waals surface area contributed by atoms with Crippen LogP contribution in [0.15, 0.2) is 47.4 Å². The number of allylic oxidation sites excluding steroid dienone is 1. The van der Waals surface area contributed by atoms with E-state index < -0.39 is 0 Å². The van der Waals surface area contributed by atoms with Crippen LogP contribution in [0.2, 0.25) is 0 Å². The predicted molar refractivity (Wildman–Crippen MR) is 167 cm³/mol. The number of nitrogens with one attached hydrogen (secondary N) is 2. The third kappa shape index (κ3) is 7.86. The summed E-state index contributed by atoms with van der Waals surface area (Å²) in [5.41, 5.74) is 10.7. The number of aromatic nitrogens is 2. The molecule has 0 saturated carbocycles. The van der Waals surface area contributed by atoms with Crippen molar-refractivity contribution in [1.82, 2.24) is 25.1 Å². The first-order valence-electron chi connectivity index (χ1n) is 15.3. The second-order valence-corrected chi connectivity index (χ2v) is 12.7. The number of hydrogen-bond donors (Lipinski definition) is 3. The number of likely N-dealkylation sites (tertiary alicyclic amines) is 2. The van der Waals surface area contributed by atoms with E-state index in [1.807, 2.05) is 31.7 Å². The lowest BCUT2D eigenvalue weighted by atomic mass is 9.95. The second kappa shape index (κ2) is 13.2. The van der Waals surface area contributed by atoms with Crippen molar-refractivity contribution in [2.75, 3.05) is 38.5 Å². The van der Waals surface area contributed by atoms with E-state index in [0.29, 0.717) is 30.8 Å². The Morgan fingerprint density at radius 1 is 1.14 bits per heavy atom. The molecule has 3 heterocycles. The molecular formula is C32H46N8O2. The smallest absolute Gasteiger partial charge is 0.318 e. The molecule has 5 rings (SSSR count). The quantitative estimate of drug-likeness (QED) is 0.329. The molecule has 1 aliphatic carbocycles. The largest absolute Gasteiger partial charge is 0.403 e. The minimum atomic E-state index is -0.199. The summed E-state index contributed by atoms with van der Waals surface area (Å²) in [4.78, 5) is 31.1. The van der Waals surface area contributed by atoms with Gasteiger partial charge in [0.15, 0.2) is 0 Å². The number of rotatable bonds is 7. The van der Waals surface area contributed by atoms with Gasteiger partial charge in [-0.25, -0.2) is 14.8 Å². The van der Waals surface area contributed by atoms with Gasteiger partial charge in [-0.05, 0) is 96.3 Å². The number of fused-ring (bicyclic) bond motifs is 1. The molecule has 1 aromatic carbocycles. The topological polar surface area (TPSA) is 121 Å². The standard InChI is InChI=1S/C32H46N8O2/c1-32(2,3)42-26-20-40(21-26)31(41)38-29-8-6-5-7-22-17-23(9-10-27(22)29)28-11-14-34-30(37-28)36-25(18-33)19-35-24-12-15-39(4)16-13-24/h9-11,14,17-19,24,26,29H,5-8,12-13,15-16,20-21,33H2,1-4H3,(H,38,41)(H,34,36,37). The Balaban J connectivity index is 1.23. The van der Waals surface area contributed by atoms with Crippen LogP contribution in [-0.2, 0) is 11.2 Å². The number of urea groups is 1.